The second-order valence-electron chi connectivity index (χ2n) is 3.70. The molecule has 0 aromatic heterocycles. The average molecular weight is 328 g/mol. The van der Waals surface area contributed by atoms with E-state index in [2.05, 4.69) is 26.3 Å². The van der Waals surface area contributed by atoms with Crippen LogP contribution in [0, 0.1) is 0 Å². The van der Waals surface area contributed by atoms with Gasteiger partial charge in [-0.1, -0.05) is 0 Å². The lowest BCUT2D eigenvalue weighted by molar-refractivity contribution is -0.118. The third-order valence-corrected chi connectivity index (χ3v) is 3.10. The van der Waals surface area contributed by atoms with Gasteiger partial charge in [0.2, 0.25) is 5.91 Å². The van der Waals surface area contributed by atoms with Crippen molar-refractivity contribution in [2.75, 3.05) is 13.7 Å². The molecule has 100 valence electrons. The molecule has 1 aliphatic rings. The van der Waals surface area contributed by atoms with E-state index in [1.165, 1.54) is 19.4 Å². The van der Waals surface area contributed by atoms with Crippen molar-refractivity contribution in [2.24, 2.45) is 5.10 Å². The number of hydrazone groups is 1. The van der Waals surface area contributed by atoms with E-state index in [0.717, 1.165) is 5.01 Å². The fraction of sp³-hybridized carbons (Fsp3) is 0.182. The molecule has 8 heteroatoms. The van der Waals surface area contributed by atoms with Crippen LogP contribution in [0.2, 0.25) is 0 Å². The van der Waals surface area contributed by atoms with Crippen LogP contribution in [-0.4, -0.2) is 41.9 Å². The van der Waals surface area contributed by atoms with Gasteiger partial charge in [0.05, 0.1) is 13.3 Å². The zero-order valence-electron chi connectivity index (χ0n) is 9.88. The lowest BCUT2D eigenvalue weighted by atomic mass is 10.2. The van der Waals surface area contributed by atoms with E-state index in [1.807, 2.05) is 0 Å². The average Bonchev–Trinajstić information content (AvgIpc) is 2.68. The monoisotopic (exact) mass is 327 g/mol. The van der Waals surface area contributed by atoms with Crippen molar-refractivity contribution in [3.8, 4) is 11.5 Å². The first-order valence-corrected chi connectivity index (χ1v) is 6.02. The Balaban J connectivity index is 2.22. The summed E-state index contributed by atoms with van der Waals surface area (Å²) in [5.74, 6) is -0.133. The zero-order valence-corrected chi connectivity index (χ0v) is 11.5. The number of hydrogen-bond acceptors (Lipinski definition) is 5. The third kappa shape index (κ3) is 2.84. The Bertz CT molecular complexity index is 573. The molecule has 1 aromatic carbocycles. The number of carbonyl (C=O) groups is 2. The largest absolute Gasteiger partial charge is 0.504 e. The van der Waals surface area contributed by atoms with Gasteiger partial charge in [-0.3, -0.25) is 10.1 Å². The number of amides is 3. The van der Waals surface area contributed by atoms with Gasteiger partial charge in [0.25, 0.3) is 0 Å². The number of hydrogen-bond donors (Lipinski definition) is 2. The molecular formula is C11H10BrN3O4. The standard InChI is InChI=1S/C11H10BrN3O4/c1-19-9-3-7(12)6(2-8(9)16)4-13-15-5-10(17)14-11(15)18/h2-4,16H,5H2,1H3,(H,14,17,18)/b13-4-. The summed E-state index contributed by atoms with van der Waals surface area (Å²) < 4.78 is 5.58. The molecule has 0 aliphatic carbocycles. The van der Waals surface area contributed by atoms with Crippen LogP contribution < -0.4 is 10.1 Å². The summed E-state index contributed by atoms with van der Waals surface area (Å²) in [7, 11) is 1.44. The minimum Gasteiger partial charge on any atom is -0.504 e. The van der Waals surface area contributed by atoms with Crippen LogP contribution in [0.15, 0.2) is 21.7 Å². The summed E-state index contributed by atoms with van der Waals surface area (Å²) in [6, 6.07) is 2.43. The second kappa shape index (κ2) is 5.27. The smallest absolute Gasteiger partial charge is 0.344 e. The van der Waals surface area contributed by atoms with Gasteiger partial charge in [0.1, 0.15) is 6.54 Å². The molecule has 1 aromatic rings. The lowest BCUT2D eigenvalue weighted by Gasteiger charge is -2.07. The number of rotatable bonds is 3. The number of phenolic OH excluding ortho intramolecular Hbond substituents is 1. The molecule has 7 nitrogen and oxygen atoms in total. The van der Waals surface area contributed by atoms with Crippen LogP contribution in [0.4, 0.5) is 4.79 Å². The van der Waals surface area contributed by atoms with Gasteiger partial charge < -0.3 is 9.84 Å². The number of halogens is 1. The molecule has 0 radical (unpaired) electrons. The van der Waals surface area contributed by atoms with Crippen LogP contribution in [0.25, 0.3) is 0 Å². The van der Waals surface area contributed by atoms with Crippen molar-refractivity contribution in [2.45, 2.75) is 0 Å². The van der Waals surface area contributed by atoms with E-state index in [4.69, 9.17) is 4.74 Å². The summed E-state index contributed by atoms with van der Waals surface area (Å²) >= 11 is 3.29. The van der Waals surface area contributed by atoms with Crippen molar-refractivity contribution in [1.82, 2.24) is 10.3 Å². The zero-order chi connectivity index (χ0) is 14.0. The van der Waals surface area contributed by atoms with Gasteiger partial charge in [-0.2, -0.15) is 5.10 Å². The van der Waals surface area contributed by atoms with Gasteiger partial charge in [0.15, 0.2) is 11.5 Å². The van der Waals surface area contributed by atoms with Crippen LogP contribution in [0.1, 0.15) is 5.56 Å². The molecule has 0 saturated carbocycles. The van der Waals surface area contributed by atoms with Gasteiger partial charge in [-0.25, -0.2) is 9.80 Å². The van der Waals surface area contributed by atoms with Gasteiger partial charge >= 0.3 is 6.03 Å². The van der Waals surface area contributed by atoms with Crippen LogP contribution in [0.3, 0.4) is 0 Å². The van der Waals surface area contributed by atoms with Crippen molar-refractivity contribution >= 4 is 34.1 Å². The Hall–Kier alpha value is -2.09. The number of phenols is 1. The molecule has 3 amide bonds. The van der Waals surface area contributed by atoms with E-state index >= 15 is 0 Å². The number of imide groups is 1. The SMILES string of the molecule is COc1cc(Br)c(/C=N\N2CC(=O)NC2=O)cc1O. The van der Waals surface area contributed by atoms with Crippen LogP contribution in [-0.2, 0) is 4.79 Å². The summed E-state index contributed by atoms with van der Waals surface area (Å²) in [5, 5.41) is 16.6. The highest BCUT2D eigenvalue weighted by Crippen LogP contribution is 2.31. The van der Waals surface area contributed by atoms with E-state index in [-0.39, 0.29) is 12.3 Å². The summed E-state index contributed by atoms with van der Waals surface area (Å²) in [6.45, 7) is -0.116. The molecular weight excluding hydrogens is 318 g/mol. The molecule has 1 heterocycles. The predicted octanol–water partition coefficient (Wildman–Crippen LogP) is 1.05. The maximum atomic E-state index is 11.3. The first kappa shape index (κ1) is 13.3. The van der Waals surface area contributed by atoms with Crippen molar-refractivity contribution < 1.29 is 19.4 Å². The molecule has 1 fully saturated rings. The molecule has 2 rings (SSSR count). The normalized spacial score (nSPS) is 15.2. The van der Waals surface area contributed by atoms with Gasteiger partial charge in [0, 0.05) is 10.0 Å². The maximum absolute atomic E-state index is 11.3. The number of urea groups is 1. The number of methoxy groups -OCH3 is 1. The van der Waals surface area contributed by atoms with Crippen molar-refractivity contribution in [1.29, 1.82) is 0 Å². The molecule has 19 heavy (non-hydrogen) atoms. The fourth-order valence-corrected chi connectivity index (χ4v) is 1.90. The molecule has 0 unspecified atom stereocenters. The molecule has 1 aliphatic heterocycles. The van der Waals surface area contributed by atoms with Gasteiger partial charge in [-0.15, -0.1) is 0 Å². The predicted molar refractivity (Wildman–Crippen MR) is 70.2 cm³/mol. The van der Waals surface area contributed by atoms with Crippen molar-refractivity contribution in [3.63, 3.8) is 0 Å². The summed E-state index contributed by atoms with van der Waals surface area (Å²) in [5.41, 5.74) is 0.547. The third-order valence-electron chi connectivity index (χ3n) is 2.41. The Kier molecular flexibility index (Phi) is 3.70. The van der Waals surface area contributed by atoms with E-state index in [1.54, 1.807) is 6.07 Å². The minimum atomic E-state index is -0.574. The number of ether oxygens (including phenoxy) is 1. The van der Waals surface area contributed by atoms with Crippen LogP contribution >= 0.6 is 15.9 Å². The maximum Gasteiger partial charge on any atom is 0.344 e. The lowest BCUT2D eigenvalue weighted by Crippen LogP contribution is -2.24. The molecule has 1 saturated heterocycles. The first-order chi connectivity index (χ1) is 9.01. The number of nitrogens with zero attached hydrogens (tertiary/aromatic N) is 2. The Morgan fingerprint density at radius 3 is 2.84 bits per heavy atom. The highest BCUT2D eigenvalue weighted by Gasteiger charge is 2.25. The molecule has 0 bridgehead atoms. The molecule has 0 spiro atoms. The quantitative estimate of drug-likeness (QED) is 0.641. The van der Waals surface area contributed by atoms with E-state index < -0.39 is 11.9 Å². The first-order valence-electron chi connectivity index (χ1n) is 5.23. The van der Waals surface area contributed by atoms with E-state index in [0.29, 0.717) is 15.8 Å². The second-order valence-corrected chi connectivity index (χ2v) is 4.56. The number of carbonyl (C=O) groups excluding carboxylic acids is 2. The number of nitrogens with one attached hydrogen (secondary N) is 1. The topological polar surface area (TPSA) is 91.2 Å². The Morgan fingerprint density at radius 1 is 1.53 bits per heavy atom. The Labute approximate surface area is 117 Å². The molecule has 2 N–H and O–H groups in total. The summed E-state index contributed by atoms with van der Waals surface area (Å²) in [6.07, 6.45) is 1.36. The Morgan fingerprint density at radius 2 is 2.26 bits per heavy atom. The van der Waals surface area contributed by atoms with Crippen molar-refractivity contribution in [3.05, 3.63) is 22.2 Å². The van der Waals surface area contributed by atoms with Crippen LogP contribution in [0.5, 0.6) is 11.5 Å². The molecule has 0 atom stereocenters. The number of benzene rings is 1. The summed E-state index contributed by atoms with van der Waals surface area (Å²) in [4.78, 5) is 22.2. The van der Waals surface area contributed by atoms with Gasteiger partial charge in [-0.05, 0) is 28.1 Å². The van der Waals surface area contributed by atoms with E-state index in [9.17, 15) is 14.7 Å². The minimum absolute atomic E-state index is 0.0471. The number of aromatic hydroxyl groups is 1. The highest BCUT2D eigenvalue weighted by molar-refractivity contribution is 9.10. The highest BCUT2D eigenvalue weighted by atomic mass is 79.9. The fourth-order valence-electron chi connectivity index (χ4n) is 1.48.